The highest BCUT2D eigenvalue weighted by Gasteiger charge is 2.27. The largest absolute Gasteiger partial charge is 0.380 e. The highest BCUT2D eigenvalue weighted by atomic mass is 32.1. The summed E-state index contributed by atoms with van der Waals surface area (Å²) < 4.78 is 0. The zero-order valence-electron chi connectivity index (χ0n) is 14.9. The molecule has 1 aliphatic heterocycles. The van der Waals surface area contributed by atoms with Crippen molar-refractivity contribution in [2.75, 3.05) is 23.7 Å². The van der Waals surface area contributed by atoms with Crippen LogP contribution in [0.2, 0.25) is 0 Å². The summed E-state index contributed by atoms with van der Waals surface area (Å²) in [5.41, 5.74) is 1.10. The van der Waals surface area contributed by atoms with E-state index in [4.69, 9.17) is 0 Å². The van der Waals surface area contributed by atoms with Gasteiger partial charge in [-0.05, 0) is 31.4 Å². The lowest BCUT2D eigenvalue weighted by Gasteiger charge is -2.18. The number of carbonyl (C=O) groups excluding carboxylic acids is 1. The SMILES string of the molecule is O=C(Nc1nnc(C2CCCCC2)s1)N1CCC(Nc2ccccc2)C1. The Morgan fingerprint density at radius 3 is 2.69 bits per heavy atom. The minimum absolute atomic E-state index is 0.0753. The Labute approximate surface area is 158 Å². The zero-order valence-corrected chi connectivity index (χ0v) is 15.7. The molecule has 2 fully saturated rings. The summed E-state index contributed by atoms with van der Waals surface area (Å²) in [6.07, 6.45) is 7.21. The number of amides is 2. The van der Waals surface area contributed by atoms with Gasteiger partial charge in [0.25, 0.3) is 0 Å². The Bertz CT molecular complexity index is 729. The Morgan fingerprint density at radius 2 is 1.88 bits per heavy atom. The molecule has 1 saturated carbocycles. The van der Waals surface area contributed by atoms with Crippen LogP contribution in [0.3, 0.4) is 0 Å². The number of nitrogens with zero attached hydrogens (tertiary/aromatic N) is 3. The summed E-state index contributed by atoms with van der Waals surface area (Å²) >= 11 is 1.53. The van der Waals surface area contributed by atoms with E-state index in [-0.39, 0.29) is 12.1 Å². The van der Waals surface area contributed by atoms with E-state index < -0.39 is 0 Å². The van der Waals surface area contributed by atoms with Crippen molar-refractivity contribution in [3.63, 3.8) is 0 Å². The van der Waals surface area contributed by atoms with E-state index in [0.29, 0.717) is 17.6 Å². The lowest BCUT2D eigenvalue weighted by molar-refractivity contribution is 0.222. The van der Waals surface area contributed by atoms with Crippen molar-refractivity contribution >= 4 is 28.2 Å². The van der Waals surface area contributed by atoms with Crippen molar-refractivity contribution in [1.82, 2.24) is 15.1 Å². The van der Waals surface area contributed by atoms with Crippen LogP contribution in [0.5, 0.6) is 0 Å². The van der Waals surface area contributed by atoms with E-state index in [1.807, 2.05) is 23.1 Å². The number of urea groups is 1. The molecule has 2 aliphatic rings. The molecule has 0 spiro atoms. The van der Waals surface area contributed by atoms with Crippen LogP contribution in [-0.2, 0) is 0 Å². The number of hydrogen-bond donors (Lipinski definition) is 2. The fourth-order valence-electron chi connectivity index (χ4n) is 3.80. The molecule has 26 heavy (non-hydrogen) atoms. The number of likely N-dealkylation sites (tertiary alicyclic amines) is 1. The number of carbonyl (C=O) groups is 1. The average molecular weight is 372 g/mol. The van der Waals surface area contributed by atoms with Crippen LogP contribution in [0.25, 0.3) is 0 Å². The summed E-state index contributed by atoms with van der Waals surface area (Å²) in [6.45, 7) is 1.46. The standard InChI is InChI=1S/C19H25N5OS/c25-19(21-18-23-22-17(26-18)14-7-3-1-4-8-14)24-12-11-16(13-24)20-15-9-5-2-6-10-15/h2,5-6,9-10,14,16,20H,1,3-4,7-8,11-13H2,(H,21,23,25). The second-order valence-electron chi connectivity index (χ2n) is 7.15. The molecule has 0 radical (unpaired) electrons. The predicted molar refractivity (Wildman–Crippen MR) is 105 cm³/mol. The van der Waals surface area contributed by atoms with Gasteiger partial charge in [0.05, 0.1) is 0 Å². The van der Waals surface area contributed by atoms with Gasteiger partial charge in [0.15, 0.2) is 0 Å². The monoisotopic (exact) mass is 371 g/mol. The van der Waals surface area contributed by atoms with Crippen LogP contribution >= 0.6 is 11.3 Å². The van der Waals surface area contributed by atoms with Gasteiger partial charge in [-0.25, -0.2) is 4.79 Å². The maximum Gasteiger partial charge on any atom is 0.323 e. The Kier molecular flexibility index (Phi) is 5.34. The first-order valence-electron chi connectivity index (χ1n) is 9.49. The number of rotatable bonds is 4. The summed E-state index contributed by atoms with van der Waals surface area (Å²) in [7, 11) is 0. The maximum absolute atomic E-state index is 12.5. The number of para-hydroxylation sites is 1. The number of anilines is 2. The minimum Gasteiger partial charge on any atom is -0.380 e. The van der Waals surface area contributed by atoms with Gasteiger partial charge in [-0.2, -0.15) is 0 Å². The van der Waals surface area contributed by atoms with Crippen molar-refractivity contribution in [3.05, 3.63) is 35.3 Å². The number of hydrogen-bond acceptors (Lipinski definition) is 5. The van der Waals surface area contributed by atoms with Crippen molar-refractivity contribution in [2.45, 2.75) is 50.5 Å². The van der Waals surface area contributed by atoms with Gasteiger partial charge in [0, 0.05) is 30.7 Å². The molecule has 2 aromatic rings. The summed E-state index contributed by atoms with van der Waals surface area (Å²) in [4.78, 5) is 14.4. The third-order valence-corrected chi connectivity index (χ3v) is 6.23. The summed E-state index contributed by atoms with van der Waals surface area (Å²) in [5, 5.41) is 16.6. The Morgan fingerprint density at radius 1 is 1.08 bits per heavy atom. The highest BCUT2D eigenvalue weighted by Crippen LogP contribution is 2.35. The highest BCUT2D eigenvalue weighted by molar-refractivity contribution is 7.15. The normalized spacial score (nSPS) is 20.9. The molecule has 4 rings (SSSR count). The van der Waals surface area contributed by atoms with Gasteiger partial charge < -0.3 is 10.2 Å². The van der Waals surface area contributed by atoms with Crippen molar-refractivity contribution in [1.29, 1.82) is 0 Å². The molecule has 1 saturated heterocycles. The fraction of sp³-hybridized carbons (Fsp3) is 0.526. The van der Waals surface area contributed by atoms with Gasteiger partial charge in [-0.15, -0.1) is 10.2 Å². The fourth-order valence-corrected chi connectivity index (χ4v) is 4.70. The molecule has 2 N–H and O–H groups in total. The Hall–Kier alpha value is -2.15. The molecule has 1 aromatic carbocycles. The lowest BCUT2D eigenvalue weighted by Crippen LogP contribution is -2.34. The molecule has 0 bridgehead atoms. The smallest absolute Gasteiger partial charge is 0.323 e. The van der Waals surface area contributed by atoms with Crippen molar-refractivity contribution < 1.29 is 4.79 Å². The first kappa shape index (κ1) is 17.3. The van der Waals surface area contributed by atoms with E-state index >= 15 is 0 Å². The lowest BCUT2D eigenvalue weighted by atomic mass is 9.90. The van der Waals surface area contributed by atoms with Gasteiger partial charge in [0.1, 0.15) is 5.01 Å². The average Bonchev–Trinajstić information content (AvgIpc) is 3.33. The first-order valence-corrected chi connectivity index (χ1v) is 10.3. The molecular weight excluding hydrogens is 346 g/mol. The molecule has 7 heteroatoms. The van der Waals surface area contributed by atoms with Crippen LogP contribution in [0.1, 0.15) is 49.5 Å². The molecule has 1 aliphatic carbocycles. The molecule has 6 nitrogen and oxygen atoms in total. The second-order valence-corrected chi connectivity index (χ2v) is 8.16. The second kappa shape index (κ2) is 8.03. The maximum atomic E-state index is 12.5. The topological polar surface area (TPSA) is 70.2 Å². The van der Waals surface area contributed by atoms with E-state index in [1.165, 1.54) is 43.4 Å². The van der Waals surface area contributed by atoms with E-state index in [1.54, 1.807) is 0 Å². The van der Waals surface area contributed by atoms with Gasteiger partial charge in [0.2, 0.25) is 5.13 Å². The quantitative estimate of drug-likeness (QED) is 0.840. The van der Waals surface area contributed by atoms with Crippen LogP contribution in [0, 0.1) is 0 Å². The number of aromatic nitrogens is 2. The van der Waals surface area contributed by atoms with Crippen molar-refractivity contribution in [3.8, 4) is 0 Å². The van der Waals surface area contributed by atoms with Crippen LogP contribution in [0.4, 0.5) is 15.6 Å². The summed E-state index contributed by atoms with van der Waals surface area (Å²) in [5.74, 6) is 0.526. The van der Waals surface area contributed by atoms with Crippen LogP contribution in [0.15, 0.2) is 30.3 Å². The third-order valence-electron chi connectivity index (χ3n) is 5.23. The zero-order chi connectivity index (χ0) is 17.8. The molecule has 1 atom stereocenters. The molecule has 138 valence electrons. The number of nitrogens with one attached hydrogen (secondary N) is 2. The Balaban J connectivity index is 1.29. The third kappa shape index (κ3) is 4.15. The molecule has 1 aromatic heterocycles. The first-order chi connectivity index (χ1) is 12.8. The number of benzene rings is 1. The molecule has 2 heterocycles. The van der Waals surface area contributed by atoms with E-state index in [2.05, 4.69) is 33.0 Å². The van der Waals surface area contributed by atoms with E-state index in [0.717, 1.165) is 23.7 Å². The van der Waals surface area contributed by atoms with Gasteiger partial charge in [-0.1, -0.05) is 48.8 Å². The van der Waals surface area contributed by atoms with Crippen LogP contribution in [-0.4, -0.2) is 40.3 Å². The summed E-state index contributed by atoms with van der Waals surface area (Å²) in [6, 6.07) is 10.3. The predicted octanol–water partition coefficient (Wildman–Crippen LogP) is 4.30. The van der Waals surface area contributed by atoms with Gasteiger partial charge in [-0.3, -0.25) is 5.32 Å². The minimum atomic E-state index is -0.0753. The molecule has 2 amide bonds. The molecule has 1 unspecified atom stereocenters. The van der Waals surface area contributed by atoms with Gasteiger partial charge >= 0.3 is 6.03 Å². The molecular formula is C19H25N5OS. The van der Waals surface area contributed by atoms with Crippen molar-refractivity contribution in [2.24, 2.45) is 0 Å². The van der Waals surface area contributed by atoms with Crippen LogP contribution < -0.4 is 10.6 Å². The van der Waals surface area contributed by atoms with E-state index in [9.17, 15) is 4.79 Å².